The smallest absolute Gasteiger partial charge is 0.259 e. The van der Waals surface area contributed by atoms with Gasteiger partial charge in [0.1, 0.15) is 23.4 Å². The monoisotopic (exact) mass is 361 g/mol. The first-order chi connectivity index (χ1) is 12.0. The minimum atomic E-state index is -0.328. The molecule has 0 bridgehead atoms. The van der Waals surface area contributed by atoms with Crippen LogP contribution >= 0.6 is 11.6 Å². The number of rotatable bonds is 5. The molecule has 0 saturated heterocycles. The molecule has 1 amide bonds. The zero-order valence-corrected chi connectivity index (χ0v) is 15.1. The van der Waals surface area contributed by atoms with Crippen molar-refractivity contribution < 1.29 is 19.0 Å². The van der Waals surface area contributed by atoms with Crippen LogP contribution in [0.4, 0.5) is 5.69 Å². The van der Waals surface area contributed by atoms with Gasteiger partial charge in [0.05, 0.1) is 25.0 Å². The van der Waals surface area contributed by atoms with Crippen molar-refractivity contribution in [3.05, 3.63) is 46.5 Å². The first-order valence-corrected chi connectivity index (χ1v) is 8.51. The summed E-state index contributed by atoms with van der Waals surface area (Å²) in [5, 5.41) is 3.34. The van der Waals surface area contributed by atoms with Gasteiger partial charge in [0.25, 0.3) is 5.91 Å². The Labute approximate surface area is 151 Å². The fourth-order valence-electron chi connectivity index (χ4n) is 2.86. The second-order valence-corrected chi connectivity index (χ2v) is 6.26. The molecule has 5 nitrogen and oxygen atoms in total. The van der Waals surface area contributed by atoms with Gasteiger partial charge in [-0.2, -0.15) is 0 Å². The van der Waals surface area contributed by atoms with Gasteiger partial charge in [-0.3, -0.25) is 4.79 Å². The van der Waals surface area contributed by atoms with E-state index < -0.39 is 0 Å². The van der Waals surface area contributed by atoms with Crippen molar-refractivity contribution in [2.45, 2.75) is 26.4 Å². The highest BCUT2D eigenvalue weighted by Gasteiger charge is 2.23. The SMILES string of the molecule is CCOc1cc2c(cc1NC(=O)c1cc(Cl)ccc1OC)OC(C)C2. The molecule has 1 atom stereocenters. The van der Waals surface area contributed by atoms with E-state index in [0.29, 0.717) is 34.4 Å². The molecule has 0 saturated carbocycles. The zero-order valence-electron chi connectivity index (χ0n) is 14.4. The fourth-order valence-corrected chi connectivity index (χ4v) is 3.03. The number of amides is 1. The van der Waals surface area contributed by atoms with E-state index in [4.69, 9.17) is 25.8 Å². The lowest BCUT2D eigenvalue weighted by molar-refractivity contribution is 0.102. The number of carbonyl (C=O) groups is 1. The van der Waals surface area contributed by atoms with Crippen LogP contribution in [-0.2, 0) is 6.42 Å². The third-order valence-corrected chi connectivity index (χ3v) is 4.19. The number of benzene rings is 2. The predicted octanol–water partition coefficient (Wildman–Crippen LogP) is 4.32. The average Bonchev–Trinajstić information content (AvgIpc) is 2.94. The summed E-state index contributed by atoms with van der Waals surface area (Å²) in [6, 6.07) is 8.63. The number of hydrogen-bond acceptors (Lipinski definition) is 4. The van der Waals surface area contributed by atoms with Crippen molar-refractivity contribution in [1.29, 1.82) is 0 Å². The largest absolute Gasteiger partial charge is 0.496 e. The lowest BCUT2D eigenvalue weighted by Gasteiger charge is -2.15. The summed E-state index contributed by atoms with van der Waals surface area (Å²) in [5.41, 5.74) is 1.99. The van der Waals surface area contributed by atoms with Crippen LogP contribution in [0.15, 0.2) is 30.3 Å². The summed E-state index contributed by atoms with van der Waals surface area (Å²) in [6.07, 6.45) is 0.939. The van der Waals surface area contributed by atoms with E-state index in [-0.39, 0.29) is 12.0 Å². The van der Waals surface area contributed by atoms with E-state index in [9.17, 15) is 4.79 Å². The van der Waals surface area contributed by atoms with Gasteiger partial charge in [0.15, 0.2) is 0 Å². The van der Waals surface area contributed by atoms with E-state index in [1.54, 1.807) is 24.3 Å². The first-order valence-electron chi connectivity index (χ1n) is 8.13. The van der Waals surface area contributed by atoms with Crippen molar-refractivity contribution >= 4 is 23.2 Å². The second kappa shape index (κ2) is 7.23. The van der Waals surface area contributed by atoms with E-state index in [1.807, 2.05) is 19.9 Å². The van der Waals surface area contributed by atoms with Gasteiger partial charge >= 0.3 is 0 Å². The normalized spacial score (nSPS) is 15.3. The molecule has 0 aromatic heterocycles. The quantitative estimate of drug-likeness (QED) is 0.861. The van der Waals surface area contributed by atoms with Crippen LogP contribution < -0.4 is 19.5 Å². The fraction of sp³-hybridized carbons (Fsp3) is 0.316. The molecule has 0 aliphatic carbocycles. The molecule has 1 N–H and O–H groups in total. The number of hydrogen-bond donors (Lipinski definition) is 1. The van der Waals surface area contributed by atoms with Crippen molar-refractivity contribution in [2.24, 2.45) is 0 Å². The van der Waals surface area contributed by atoms with Crippen molar-refractivity contribution in [3.8, 4) is 17.2 Å². The Bertz CT molecular complexity index is 806. The molecular formula is C19H20ClNO4. The first kappa shape index (κ1) is 17.4. The van der Waals surface area contributed by atoms with E-state index in [0.717, 1.165) is 17.7 Å². The van der Waals surface area contributed by atoms with Gasteiger partial charge in [-0.05, 0) is 38.1 Å². The van der Waals surface area contributed by atoms with Gasteiger partial charge in [-0.1, -0.05) is 11.6 Å². The van der Waals surface area contributed by atoms with Crippen LogP contribution in [0, 0.1) is 0 Å². The van der Waals surface area contributed by atoms with Gasteiger partial charge in [0, 0.05) is 23.1 Å². The minimum absolute atomic E-state index is 0.114. The molecule has 25 heavy (non-hydrogen) atoms. The molecule has 1 unspecified atom stereocenters. The molecule has 6 heteroatoms. The number of ether oxygens (including phenoxy) is 3. The maximum atomic E-state index is 12.7. The Morgan fingerprint density at radius 3 is 2.84 bits per heavy atom. The summed E-state index contributed by atoms with van der Waals surface area (Å²) in [7, 11) is 1.51. The molecular weight excluding hydrogens is 342 g/mol. The Balaban J connectivity index is 1.93. The van der Waals surface area contributed by atoms with Crippen LogP contribution in [-0.4, -0.2) is 25.7 Å². The topological polar surface area (TPSA) is 56.8 Å². The molecule has 1 aliphatic heterocycles. The number of nitrogens with one attached hydrogen (secondary N) is 1. The Kier molecular flexibility index (Phi) is 5.04. The molecule has 3 rings (SSSR count). The van der Waals surface area contributed by atoms with E-state index in [2.05, 4.69) is 5.32 Å². The average molecular weight is 362 g/mol. The molecule has 132 valence electrons. The number of methoxy groups -OCH3 is 1. The van der Waals surface area contributed by atoms with E-state index in [1.165, 1.54) is 7.11 Å². The zero-order chi connectivity index (χ0) is 18.0. The summed E-state index contributed by atoms with van der Waals surface area (Å²) in [4.78, 5) is 12.7. The van der Waals surface area contributed by atoms with Gasteiger partial charge in [0.2, 0.25) is 0 Å². The van der Waals surface area contributed by atoms with Gasteiger partial charge < -0.3 is 19.5 Å². The maximum absolute atomic E-state index is 12.7. The Hall–Kier alpha value is -2.40. The predicted molar refractivity (Wildman–Crippen MR) is 97.4 cm³/mol. The lowest BCUT2D eigenvalue weighted by Crippen LogP contribution is -2.14. The molecule has 0 radical (unpaired) electrons. The summed E-state index contributed by atoms with van der Waals surface area (Å²) in [5.74, 6) is 1.51. The van der Waals surface area contributed by atoms with Crippen molar-refractivity contribution in [1.82, 2.24) is 0 Å². The Morgan fingerprint density at radius 1 is 1.32 bits per heavy atom. The van der Waals surface area contributed by atoms with Crippen molar-refractivity contribution in [2.75, 3.05) is 19.0 Å². The summed E-state index contributed by atoms with van der Waals surface area (Å²) in [6.45, 7) is 4.41. The third-order valence-electron chi connectivity index (χ3n) is 3.95. The number of halogens is 1. The van der Waals surface area contributed by atoms with Crippen molar-refractivity contribution in [3.63, 3.8) is 0 Å². The lowest BCUT2D eigenvalue weighted by atomic mass is 10.1. The van der Waals surface area contributed by atoms with Crippen LogP contribution in [0.5, 0.6) is 17.2 Å². The molecule has 0 fully saturated rings. The molecule has 2 aromatic carbocycles. The van der Waals surface area contributed by atoms with Crippen LogP contribution in [0.25, 0.3) is 0 Å². The second-order valence-electron chi connectivity index (χ2n) is 5.82. The molecule has 1 aliphatic rings. The van der Waals surface area contributed by atoms with Crippen LogP contribution in [0.2, 0.25) is 5.02 Å². The maximum Gasteiger partial charge on any atom is 0.259 e. The Morgan fingerprint density at radius 2 is 2.12 bits per heavy atom. The highest BCUT2D eigenvalue weighted by atomic mass is 35.5. The third kappa shape index (κ3) is 3.66. The molecule has 0 spiro atoms. The van der Waals surface area contributed by atoms with Crippen LogP contribution in [0.3, 0.4) is 0 Å². The highest BCUT2D eigenvalue weighted by molar-refractivity contribution is 6.31. The highest BCUT2D eigenvalue weighted by Crippen LogP contribution is 2.38. The standard InChI is InChI=1S/C19H20ClNO4/c1-4-24-18-8-12-7-11(2)25-17(12)10-15(18)21-19(22)14-9-13(20)5-6-16(14)23-3/h5-6,8-11H,4,7H2,1-3H3,(H,21,22). The van der Waals surface area contributed by atoms with Gasteiger partial charge in [-0.25, -0.2) is 0 Å². The molecule has 2 aromatic rings. The number of anilines is 1. The molecule has 1 heterocycles. The minimum Gasteiger partial charge on any atom is -0.496 e. The van der Waals surface area contributed by atoms with Gasteiger partial charge in [-0.15, -0.1) is 0 Å². The number of carbonyl (C=O) groups excluding carboxylic acids is 1. The van der Waals surface area contributed by atoms with E-state index >= 15 is 0 Å². The summed E-state index contributed by atoms with van der Waals surface area (Å²) >= 11 is 6.01. The van der Waals surface area contributed by atoms with Crippen LogP contribution in [0.1, 0.15) is 29.8 Å². The summed E-state index contributed by atoms with van der Waals surface area (Å²) < 4.78 is 16.7. The number of fused-ring (bicyclic) bond motifs is 1.